The Labute approximate surface area is 139 Å². The molecule has 0 bridgehead atoms. The highest BCUT2D eigenvalue weighted by Crippen LogP contribution is 2.39. The van der Waals surface area contributed by atoms with E-state index in [1.165, 1.54) is 12.1 Å². The number of nitrogens with one attached hydrogen (secondary N) is 1. The fraction of sp³-hybridized carbons (Fsp3) is 0.562. The number of sulfone groups is 1. The van der Waals surface area contributed by atoms with Crippen LogP contribution in [-0.4, -0.2) is 26.8 Å². The monoisotopic (exact) mass is 363 g/mol. The number of amides is 1. The van der Waals surface area contributed by atoms with Gasteiger partial charge in [-0.25, -0.2) is 8.42 Å². The van der Waals surface area contributed by atoms with Crippen LogP contribution in [-0.2, 0) is 21.2 Å². The van der Waals surface area contributed by atoms with Crippen LogP contribution >= 0.6 is 0 Å². The molecule has 1 aromatic rings. The molecule has 2 atom stereocenters. The Balaban J connectivity index is 1.91. The molecule has 2 unspecified atom stereocenters. The third-order valence-corrected chi connectivity index (χ3v) is 5.45. The highest BCUT2D eigenvalue weighted by Gasteiger charge is 2.43. The van der Waals surface area contributed by atoms with Gasteiger partial charge in [0.25, 0.3) is 0 Å². The van der Waals surface area contributed by atoms with Gasteiger partial charge in [0.2, 0.25) is 5.91 Å². The van der Waals surface area contributed by atoms with E-state index in [1.54, 1.807) is 12.1 Å². The minimum Gasteiger partial charge on any atom is -0.352 e. The van der Waals surface area contributed by atoms with E-state index in [1.807, 2.05) is 0 Å². The predicted molar refractivity (Wildman–Crippen MR) is 82.9 cm³/mol. The van der Waals surface area contributed by atoms with Crippen LogP contribution in [0.4, 0.5) is 13.2 Å². The lowest BCUT2D eigenvalue weighted by atomic mass is 9.80. The van der Waals surface area contributed by atoms with E-state index in [-0.39, 0.29) is 30.2 Å². The van der Waals surface area contributed by atoms with Gasteiger partial charge in [0, 0.05) is 18.7 Å². The zero-order valence-corrected chi connectivity index (χ0v) is 14.1. The highest BCUT2D eigenvalue weighted by atomic mass is 32.2. The van der Waals surface area contributed by atoms with Crippen LogP contribution in [0.25, 0.3) is 0 Å². The van der Waals surface area contributed by atoms with E-state index in [0.717, 1.165) is 6.26 Å². The summed E-state index contributed by atoms with van der Waals surface area (Å²) in [6.07, 6.45) is -2.37. The Kier molecular flexibility index (Phi) is 5.57. The second kappa shape index (κ2) is 7.13. The van der Waals surface area contributed by atoms with Gasteiger partial charge >= 0.3 is 6.18 Å². The normalized spacial score (nSPS) is 22.2. The summed E-state index contributed by atoms with van der Waals surface area (Å²) < 4.78 is 61.1. The number of hydrogen-bond donors (Lipinski definition) is 1. The number of halogens is 3. The van der Waals surface area contributed by atoms with Crippen molar-refractivity contribution < 1.29 is 26.4 Å². The molecule has 1 aliphatic rings. The van der Waals surface area contributed by atoms with Crippen molar-refractivity contribution in [1.82, 2.24) is 5.32 Å². The summed E-state index contributed by atoms with van der Waals surface area (Å²) >= 11 is 0. The maximum atomic E-state index is 12.8. The third kappa shape index (κ3) is 4.96. The van der Waals surface area contributed by atoms with E-state index in [4.69, 9.17) is 0 Å². The lowest BCUT2D eigenvalue weighted by Crippen LogP contribution is -2.37. The molecular formula is C16H20F3NO3S. The minimum absolute atomic E-state index is 0.0836. The largest absolute Gasteiger partial charge is 0.391 e. The topological polar surface area (TPSA) is 63.2 Å². The molecule has 1 amide bonds. The van der Waals surface area contributed by atoms with Crippen molar-refractivity contribution in [2.24, 2.45) is 11.8 Å². The van der Waals surface area contributed by atoms with Crippen LogP contribution in [0.1, 0.15) is 31.2 Å². The van der Waals surface area contributed by atoms with Crippen molar-refractivity contribution in [3.63, 3.8) is 0 Å². The Morgan fingerprint density at radius 2 is 1.83 bits per heavy atom. The van der Waals surface area contributed by atoms with E-state index in [9.17, 15) is 26.4 Å². The van der Waals surface area contributed by atoms with Gasteiger partial charge in [-0.2, -0.15) is 13.2 Å². The Morgan fingerprint density at radius 1 is 1.21 bits per heavy atom. The van der Waals surface area contributed by atoms with Gasteiger partial charge in [0.05, 0.1) is 10.8 Å². The molecule has 1 aromatic carbocycles. The number of hydrogen-bond acceptors (Lipinski definition) is 3. The molecule has 1 saturated carbocycles. The second-order valence-electron chi connectivity index (χ2n) is 6.24. The number of carbonyl (C=O) groups excluding carboxylic acids is 1. The molecule has 24 heavy (non-hydrogen) atoms. The smallest absolute Gasteiger partial charge is 0.352 e. The molecule has 0 heterocycles. The first-order valence-electron chi connectivity index (χ1n) is 7.71. The van der Waals surface area contributed by atoms with Crippen LogP contribution in [0.5, 0.6) is 0 Å². The lowest BCUT2D eigenvalue weighted by molar-refractivity contribution is -0.186. The van der Waals surface area contributed by atoms with Gasteiger partial charge in [-0.1, -0.05) is 18.6 Å². The number of benzene rings is 1. The average Bonchev–Trinajstić information content (AvgIpc) is 2.51. The molecule has 0 saturated heterocycles. The second-order valence-corrected chi connectivity index (χ2v) is 8.25. The maximum Gasteiger partial charge on any atom is 0.391 e. The molecule has 8 heteroatoms. The van der Waals surface area contributed by atoms with Crippen LogP contribution in [0.3, 0.4) is 0 Å². The summed E-state index contributed by atoms with van der Waals surface area (Å²) in [6.45, 7) is 0.163. The first-order valence-corrected chi connectivity index (χ1v) is 9.60. The van der Waals surface area contributed by atoms with E-state index in [0.29, 0.717) is 18.4 Å². The molecule has 134 valence electrons. The van der Waals surface area contributed by atoms with Crippen molar-refractivity contribution in [2.45, 2.75) is 43.3 Å². The first kappa shape index (κ1) is 18.8. The van der Waals surface area contributed by atoms with Crippen molar-refractivity contribution in [3.05, 3.63) is 29.8 Å². The fourth-order valence-corrected chi connectivity index (χ4v) is 3.54. The van der Waals surface area contributed by atoms with Gasteiger partial charge < -0.3 is 5.32 Å². The molecule has 1 N–H and O–H groups in total. The Morgan fingerprint density at radius 3 is 2.38 bits per heavy atom. The van der Waals surface area contributed by atoms with E-state index >= 15 is 0 Å². The summed E-state index contributed by atoms with van der Waals surface area (Å²) in [4.78, 5) is 12.3. The summed E-state index contributed by atoms with van der Waals surface area (Å²) in [7, 11) is -3.28. The zero-order chi connectivity index (χ0) is 18.0. The zero-order valence-electron chi connectivity index (χ0n) is 13.3. The lowest BCUT2D eigenvalue weighted by Gasteiger charge is -2.29. The number of alkyl halides is 3. The number of rotatable bonds is 4. The molecule has 4 nitrogen and oxygen atoms in total. The molecule has 0 aliphatic heterocycles. The van der Waals surface area contributed by atoms with Crippen molar-refractivity contribution in [2.75, 3.05) is 6.26 Å². The summed E-state index contributed by atoms with van der Waals surface area (Å²) in [5.41, 5.74) is 0.693. The molecule has 0 spiro atoms. The van der Waals surface area contributed by atoms with Gasteiger partial charge in [-0.05, 0) is 37.0 Å². The fourth-order valence-electron chi connectivity index (χ4n) is 2.91. The number of carbonyl (C=O) groups is 1. The first-order chi connectivity index (χ1) is 11.1. The van der Waals surface area contributed by atoms with Crippen molar-refractivity contribution >= 4 is 15.7 Å². The summed E-state index contributed by atoms with van der Waals surface area (Å²) in [5, 5.41) is 2.64. The Hall–Kier alpha value is -1.57. The van der Waals surface area contributed by atoms with Crippen LogP contribution in [0.15, 0.2) is 29.2 Å². The Bertz CT molecular complexity index is 684. The highest BCUT2D eigenvalue weighted by molar-refractivity contribution is 7.90. The van der Waals surface area contributed by atoms with E-state index in [2.05, 4.69) is 5.32 Å². The molecule has 1 aliphatic carbocycles. The average molecular weight is 363 g/mol. The summed E-state index contributed by atoms with van der Waals surface area (Å²) in [5.74, 6) is -2.41. The van der Waals surface area contributed by atoms with Gasteiger partial charge in [-0.3, -0.25) is 4.79 Å². The molecule has 0 aromatic heterocycles. The quantitative estimate of drug-likeness (QED) is 0.894. The van der Waals surface area contributed by atoms with Gasteiger partial charge in [0.15, 0.2) is 9.84 Å². The van der Waals surface area contributed by atoms with Crippen molar-refractivity contribution in [1.29, 1.82) is 0 Å². The van der Waals surface area contributed by atoms with E-state index < -0.39 is 27.8 Å². The molecule has 0 radical (unpaired) electrons. The SMILES string of the molecule is CS(=O)(=O)c1ccc(CNC(=O)C2CCCC(C(F)(F)F)C2)cc1. The minimum atomic E-state index is -4.25. The standard InChI is InChI=1S/C16H20F3NO3S/c1-24(22,23)14-7-5-11(6-8-14)10-20-15(21)12-3-2-4-13(9-12)16(17,18)19/h5-8,12-13H,2-4,9-10H2,1H3,(H,20,21). The predicted octanol–water partition coefficient (Wildman–Crippen LogP) is 3.08. The van der Waals surface area contributed by atoms with Crippen molar-refractivity contribution in [3.8, 4) is 0 Å². The van der Waals surface area contributed by atoms with Gasteiger partial charge in [0.1, 0.15) is 0 Å². The van der Waals surface area contributed by atoms with Crippen LogP contribution in [0, 0.1) is 11.8 Å². The molecule has 1 fully saturated rings. The van der Waals surface area contributed by atoms with Crippen LogP contribution in [0.2, 0.25) is 0 Å². The summed E-state index contributed by atoms with van der Waals surface area (Å²) in [6, 6.07) is 6.04. The molecule has 2 rings (SSSR count). The third-order valence-electron chi connectivity index (χ3n) is 4.33. The molecular weight excluding hydrogens is 343 g/mol. The van der Waals surface area contributed by atoms with Crippen LogP contribution < -0.4 is 5.32 Å². The maximum absolute atomic E-state index is 12.8. The van der Waals surface area contributed by atoms with Gasteiger partial charge in [-0.15, -0.1) is 0 Å².